The Morgan fingerprint density at radius 2 is 1.76 bits per heavy atom. The van der Waals surface area contributed by atoms with Gasteiger partial charge in [0.1, 0.15) is 0 Å². The highest BCUT2D eigenvalue weighted by atomic mass is 16.1. The number of hydrogen-bond acceptors (Lipinski definition) is 2. The fourth-order valence-electron chi connectivity index (χ4n) is 3.81. The second-order valence-electron chi connectivity index (χ2n) is 7.49. The van der Waals surface area contributed by atoms with Crippen LogP contribution >= 0.6 is 0 Å². The van der Waals surface area contributed by atoms with Crippen LogP contribution in [-0.2, 0) is 13.0 Å². The first-order valence-electron chi connectivity index (χ1n) is 9.55. The van der Waals surface area contributed by atoms with Crippen molar-refractivity contribution in [3.05, 3.63) is 71.3 Å². The number of rotatable bonds is 6. The third-order valence-electron chi connectivity index (χ3n) is 5.24. The minimum atomic E-state index is 0.0441. The van der Waals surface area contributed by atoms with E-state index in [2.05, 4.69) is 47.4 Å². The van der Waals surface area contributed by atoms with Gasteiger partial charge in [-0.1, -0.05) is 74.9 Å². The smallest absolute Gasteiger partial charge is 0.165 e. The molecule has 2 aromatic rings. The average Bonchev–Trinajstić information content (AvgIpc) is 2.64. The fourth-order valence-corrected chi connectivity index (χ4v) is 3.81. The maximum absolute atomic E-state index is 12.6. The summed E-state index contributed by atoms with van der Waals surface area (Å²) in [6.07, 6.45) is 4.91. The van der Waals surface area contributed by atoms with Gasteiger partial charge in [0.05, 0.1) is 0 Å². The maximum atomic E-state index is 12.6. The molecule has 1 aliphatic heterocycles. The molecular formula is C23H29NO. The summed E-state index contributed by atoms with van der Waals surface area (Å²) >= 11 is 0. The molecule has 25 heavy (non-hydrogen) atoms. The molecule has 0 aliphatic carbocycles. The van der Waals surface area contributed by atoms with Crippen LogP contribution in [0.2, 0.25) is 0 Å². The Morgan fingerprint density at radius 1 is 1.04 bits per heavy atom. The van der Waals surface area contributed by atoms with Crippen molar-refractivity contribution in [1.82, 2.24) is 4.90 Å². The molecule has 0 saturated carbocycles. The lowest BCUT2D eigenvalue weighted by molar-refractivity contribution is 0.0934. The van der Waals surface area contributed by atoms with E-state index in [0.29, 0.717) is 6.04 Å². The largest absolute Gasteiger partial charge is 0.296 e. The highest BCUT2D eigenvalue weighted by molar-refractivity contribution is 5.98. The van der Waals surface area contributed by atoms with Crippen LogP contribution < -0.4 is 0 Å². The number of benzene rings is 2. The van der Waals surface area contributed by atoms with Crippen LogP contribution in [0.4, 0.5) is 0 Å². The number of ketones is 1. The zero-order valence-electron chi connectivity index (χ0n) is 15.4. The van der Waals surface area contributed by atoms with Crippen LogP contribution in [0.5, 0.6) is 0 Å². The van der Waals surface area contributed by atoms with Gasteiger partial charge in [-0.15, -0.1) is 0 Å². The van der Waals surface area contributed by atoms with Gasteiger partial charge < -0.3 is 0 Å². The van der Waals surface area contributed by atoms with Gasteiger partial charge in [-0.2, -0.15) is 0 Å². The molecule has 0 aromatic heterocycles. The normalized spacial score (nSPS) is 18.4. The first-order chi connectivity index (χ1) is 12.1. The third-order valence-corrected chi connectivity index (χ3v) is 5.24. The number of carbonyl (C=O) groups excluding carboxylic acids is 1. The first kappa shape index (κ1) is 17.9. The van der Waals surface area contributed by atoms with Gasteiger partial charge in [0.25, 0.3) is 0 Å². The molecule has 1 aliphatic rings. The molecule has 2 aromatic carbocycles. The first-order valence-corrected chi connectivity index (χ1v) is 9.55. The van der Waals surface area contributed by atoms with Crippen LogP contribution in [0.15, 0.2) is 54.6 Å². The van der Waals surface area contributed by atoms with Crippen LogP contribution in [0.1, 0.15) is 54.6 Å². The van der Waals surface area contributed by atoms with Crippen molar-refractivity contribution in [2.75, 3.05) is 6.54 Å². The lowest BCUT2D eigenvalue weighted by atomic mass is 9.92. The lowest BCUT2D eigenvalue weighted by Gasteiger charge is -2.36. The van der Waals surface area contributed by atoms with Crippen molar-refractivity contribution in [1.29, 1.82) is 0 Å². The summed E-state index contributed by atoms with van der Waals surface area (Å²) in [5, 5.41) is 0. The van der Waals surface area contributed by atoms with Crippen molar-refractivity contribution in [3.8, 4) is 0 Å². The Labute approximate surface area is 151 Å². The summed E-state index contributed by atoms with van der Waals surface area (Å²) < 4.78 is 0. The van der Waals surface area contributed by atoms with E-state index in [1.807, 2.05) is 26.0 Å². The van der Waals surface area contributed by atoms with E-state index < -0.39 is 0 Å². The lowest BCUT2D eigenvalue weighted by Crippen LogP contribution is -2.40. The molecule has 0 spiro atoms. The third kappa shape index (κ3) is 4.58. The van der Waals surface area contributed by atoms with E-state index in [9.17, 15) is 4.79 Å². The van der Waals surface area contributed by atoms with Gasteiger partial charge in [-0.25, -0.2) is 0 Å². The van der Waals surface area contributed by atoms with Gasteiger partial charge >= 0.3 is 0 Å². The van der Waals surface area contributed by atoms with Gasteiger partial charge in [-0.3, -0.25) is 9.69 Å². The second kappa shape index (κ2) is 8.44. The number of carbonyl (C=O) groups is 1. The summed E-state index contributed by atoms with van der Waals surface area (Å²) in [5.41, 5.74) is 3.49. The van der Waals surface area contributed by atoms with E-state index in [-0.39, 0.29) is 11.7 Å². The van der Waals surface area contributed by atoms with Crippen molar-refractivity contribution in [2.24, 2.45) is 5.92 Å². The van der Waals surface area contributed by atoms with Crippen LogP contribution in [0.25, 0.3) is 0 Å². The highest BCUT2D eigenvalue weighted by Crippen LogP contribution is 2.24. The molecule has 1 saturated heterocycles. The van der Waals surface area contributed by atoms with E-state index in [4.69, 9.17) is 0 Å². The molecule has 0 N–H and O–H groups in total. The van der Waals surface area contributed by atoms with E-state index >= 15 is 0 Å². The van der Waals surface area contributed by atoms with E-state index in [1.54, 1.807) is 0 Å². The maximum Gasteiger partial charge on any atom is 0.165 e. The number of Topliss-reactive ketones (excluding diaryl/α,β-unsaturated/α-hetero) is 1. The highest BCUT2D eigenvalue weighted by Gasteiger charge is 2.24. The molecular weight excluding hydrogens is 306 g/mol. The minimum absolute atomic E-state index is 0.0441. The van der Waals surface area contributed by atoms with Crippen molar-refractivity contribution in [2.45, 2.75) is 52.1 Å². The summed E-state index contributed by atoms with van der Waals surface area (Å²) in [6, 6.07) is 19.5. The number of hydrogen-bond donors (Lipinski definition) is 0. The molecule has 1 fully saturated rings. The molecule has 2 heteroatoms. The zero-order valence-corrected chi connectivity index (χ0v) is 15.4. The fraction of sp³-hybridized carbons (Fsp3) is 0.435. The van der Waals surface area contributed by atoms with Crippen LogP contribution in [0, 0.1) is 5.92 Å². The molecule has 1 unspecified atom stereocenters. The predicted molar refractivity (Wildman–Crippen MR) is 104 cm³/mol. The number of nitrogens with zero attached hydrogens (tertiary/aromatic N) is 1. The van der Waals surface area contributed by atoms with Crippen LogP contribution in [0.3, 0.4) is 0 Å². The summed E-state index contributed by atoms with van der Waals surface area (Å²) in [5.74, 6) is 0.301. The van der Waals surface area contributed by atoms with Crippen molar-refractivity contribution < 1.29 is 4.79 Å². The zero-order chi connectivity index (χ0) is 17.6. The Balaban J connectivity index is 1.77. The quantitative estimate of drug-likeness (QED) is 0.683. The SMILES string of the molecule is CC(C)C(=O)c1ccccc1CN1CCCCC1Cc1ccccc1. The summed E-state index contributed by atoms with van der Waals surface area (Å²) in [4.78, 5) is 15.1. The second-order valence-corrected chi connectivity index (χ2v) is 7.49. The van der Waals surface area contributed by atoms with Crippen LogP contribution in [-0.4, -0.2) is 23.3 Å². The Bertz CT molecular complexity index is 692. The van der Waals surface area contributed by atoms with Crippen molar-refractivity contribution in [3.63, 3.8) is 0 Å². The number of likely N-dealkylation sites (tertiary alicyclic amines) is 1. The topological polar surface area (TPSA) is 20.3 Å². The minimum Gasteiger partial charge on any atom is -0.296 e. The molecule has 2 nitrogen and oxygen atoms in total. The summed E-state index contributed by atoms with van der Waals surface area (Å²) in [6.45, 7) is 5.98. The van der Waals surface area contributed by atoms with Gasteiger partial charge in [0.2, 0.25) is 0 Å². The van der Waals surface area contributed by atoms with Crippen molar-refractivity contribution >= 4 is 5.78 Å². The van der Waals surface area contributed by atoms with E-state index in [1.165, 1.54) is 30.4 Å². The number of piperidine rings is 1. The Kier molecular flexibility index (Phi) is 6.04. The summed E-state index contributed by atoms with van der Waals surface area (Å²) in [7, 11) is 0. The molecule has 0 radical (unpaired) electrons. The Morgan fingerprint density at radius 3 is 2.52 bits per heavy atom. The van der Waals surface area contributed by atoms with E-state index in [0.717, 1.165) is 25.1 Å². The van der Waals surface area contributed by atoms with Gasteiger partial charge in [0, 0.05) is 24.1 Å². The van der Waals surface area contributed by atoms with Gasteiger partial charge in [0.15, 0.2) is 5.78 Å². The van der Waals surface area contributed by atoms with Gasteiger partial charge in [-0.05, 0) is 36.9 Å². The molecule has 0 amide bonds. The molecule has 132 valence electrons. The average molecular weight is 335 g/mol. The standard InChI is InChI=1S/C23H29NO/c1-18(2)23(25)22-14-7-6-12-20(22)17-24-15-9-8-13-21(24)16-19-10-4-3-5-11-19/h3-7,10-12,14,18,21H,8-9,13,15-17H2,1-2H3. The molecule has 3 rings (SSSR count). The Hall–Kier alpha value is -1.93. The molecule has 1 atom stereocenters. The molecule has 0 bridgehead atoms. The monoisotopic (exact) mass is 335 g/mol. The molecule has 1 heterocycles. The predicted octanol–water partition coefficient (Wildman–Crippen LogP) is 5.12.